The molecule has 6 heavy (non-hydrogen) atoms. The summed E-state index contributed by atoms with van der Waals surface area (Å²) in [6, 6.07) is 0. The zero-order valence-corrected chi connectivity index (χ0v) is 8.05. The number of alkyl halides is 1. The number of hydrogen-bond acceptors (Lipinski definition) is 0. The van der Waals surface area contributed by atoms with Crippen LogP contribution in [0.15, 0.2) is 0 Å². The van der Waals surface area contributed by atoms with Crippen LogP contribution in [0.25, 0.3) is 0 Å². The summed E-state index contributed by atoms with van der Waals surface area (Å²) in [4.78, 5) is 0. The third kappa shape index (κ3) is 5.59. The van der Waals surface area contributed by atoms with Gasteiger partial charge in [0.15, 0.2) is 0 Å². The molecule has 0 aliphatic carbocycles. The van der Waals surface area contributed by atoms with Crippen LogP contribution in [0.4, 0.5) is 0 Å². The molecule has 38 valence electrons. The van der Waals surface area contributed by atoms with E-state index in [0.717, 1.165) is 12.2 Å². The van der Waals surface area contributed by atoms with Crippen LogP contribution >= 0.6 is 39.8 Å². The van der Waals surface area contributed by atoms with Crippen molar-refractivity contribution in [3.63, 3.8) is 0 Å². The molecule has 0 aliphatic rings. The average molecular weight is 234 g/mol. The molecule has 0 nitrogen and oxygen atoms in total. The molecule has 0 aromatic carbocycles. The van der Waals surface area contributed by atoms with E-state index in [2.05, 4.69) is 38.4 Å². The highest BCUT2D eigenvalue weighted by Crippen LogP contribution is 2.23. The van der Waals surface area contributed by atoms with Gasteiger partial charge in [-0.2, -0.15) is 0 Å². The number of halogens is 1. The van der Waals surface area contributed by atoms with Gasteiger partial charge in [-0.1, -0.05) is 29.5 Å². The minimum atomic E-state index is 0.860. The molecule has 0 heterocycles. The lowest BCUT2D eigenvalue weighted by atomic mass is 10.6. The molecule has 0 aromatic heterocycles. The topological polar surface area (TPSA) is 0 Å². The molecule has 0 rings (SSSR count). The molecule has 0 saturated carbocycles. The summed E-state index contributed by atoms with van der Waals surface area (Å²) >= 11 is 2.44. The molecule has 0 saturated heterocycles. The van der Waals surface area contributed by atoms with E-state index in [1.54, 1.807) is 0 Å². The lowest BCUT2D eigenvalue weighted by molar-refractivity contribution is 1.18. The number of rotatable bonds is 2. The maximum absolute atomic E-state index is 2.75. The van der Waals surface area contributed by atoms with E-state index < -0.39 is 0 Å². The van der Waals surface area contributed by atoms with Gasteiger partial charge in [-0.05, 0) is 6.16 Å². The first kappa shape index (κ1) is 7.59. The highest BCUT2D eigenvalue weighted by Gasteiger charge is 1.87. The quantitative estimate of drug-likeness (QED) is 0.390. The minimum absolute atomic E-state index is 0.860. The molecule has 0 fully saturated rings. The maximum atomic E-state index is 2.75. The van der Waals surface area contributed by atoms with Gasteiger partial charge in [0.25, 0.3) is 0 Å². The van der Waals surface area contributed by atoms with E-state index in [9.17, 15) is 0 Å². The van der Waals surface area contributed by atoms with Gasteiger partial charge < -0.3 is 0 Å². The summed E-state index contributed by atoms with van der Waals surface area (Å²) in [7, 11) is 3.79. The number of hydrogen-bond donors (Lipinski definition) is 0. The first-order valence-electron chi connectivity index (χ1n) is 1.85. The van der Waals surface area contributed by atoms with Gasteiger partial charge in [-0.15, -0.1) is 17.2 Å². The molecular weight excluding hydrogens is 225 g/mol. The van der Waals surface area contributed by atoms with Crippen molar-refractivity contribution in [2.45, 2.75) is 10.8 Å². The fourth-order valence-electron chi connectivity index (χ4n) is 0.162. The molecular formula is C3H9IP2. The lowest BCUT2D eigenvalue weighted by Gasteiger charge is -1.94. The highest BCUT2D eigenvalue weighted by atomic mass is 127. The second-order valence-corrected chi connectivity index (χ2v) is 5.36. The fraction of sp³-hybridized carbons (Fsp3) is 1.00. The van der Waals surface area contributed by atoms with Crippen LogP contribution in [0, 0.1) is 0 Å². The molecule has 0 aliphatic heterocycles. The zero-order valence-electron chi connectivity index (χ0n) is 3.74. The van der Waals surface area contributed by atoms with Crippen molar-refractivity contribution in [3.05, 3.63) is 0 Å². The van der Waals surface area contributed by atoms with Crippen molar-refractivity contribution < 1.29 is 0 Å². The molecule has 0 radical (unpaired) electrons. The Kier molecular flexibility index (Phi) is 6.00. The van der Waals surface area contributed by atoms with E-state index in [4.69, 9.17) is 0 Å². The molecule has 0 bridgehead atoms. The van der Waals surface area contributed by atoms with Gasteiger partial charge >= 0.3 is 0 Å². The summed E-state index contributed by atoms with van der Waals surface area (Å²) in [6.07, 6.45) is 1.35. The zero-order chi connectivity index (χ0) is 4.99. The van der Waals surface area contributed by atoms with Crippen LogP contribution in [-0.2, 0) is 0 Å². The molecule has 0 N–H and O–H groups in total. The van der Waals surface area contributed by atoms with E-state index in [1.165, 1.54) is 6.16 Å². The fourth-order valence-corrected chi connectivity index (χ4v) is 3.75. The standard InChI is InChI=1S/C3H9IP2/c1-3(4)2-6-5/h3,6H,2,5H2,1H3. The van der Waals surface area contributed by atoms with Gasteiger partial charge in [0.2, 0.25) is 0 Å². The Hall–Kier alpha value is 1.59. The summed E-state index contributed by atoms with van der Waals surface area (Å²) in [5, 5.41) is 0. The van der Waals surface area contributed by atoms with Gasteiger partial charge in [-0.3, -0.25) is 0 Å². The summed E-state index contributed by atoms with van der Waals surface area (Å²) in [5.74, 6) is 0. The van der Waals surface area contributed by atoms with Crippen LogP contribution in [0.1, 0.15) is 6.92 Å². The van der Waals surface area contributed by atoms with Crippen LogP contribution < -0.4 is 0 Å². The van der Waals surface area contributed by atoms with Crippen LogP contribution in [0.5, 0.6) is 0 Å². The molecule has 3 heteroatoms. The van der Waals surface area contributed by atoms with Crippen LogP contribution in [0.2, 0.25) is 0 Å². The van der Waals surface area contributed by atoms with E-state index >= 15 is 0 Å². The maximum Gasteiger partial charge on any atom is 0.0121 e. The van der Waals surface area contributed by atoms with E-state index in [0.29, 0.717) is 0 Å². The Morgan fingerprint density at radius 3 is 2.50 bits per heavy atom. The van der Waals surface area contributed by atoms with E-state index in [1.807, 2.05) is 0 Å². The largest absolute Gasteiger partial charge is 0.114 e. The van der Waals surface area contributed by atoms with Crippen LogP contribution in [0.3, 0.4) is 0 Å². The van der Waals surface area contributed by atoms with Gasteiger partial charge in [-0.25, -0.2) is 0 Å². The Morgan fingerprint density at radius 1 is 2.00 bits per heavy atom. The second kappa shape index (κ2) is 4.74. The summed E-state index contributed by atoms with van der Waals surface area (Å²) < 4.78 is 0.860. The Bertz CT molecular complexity index is 30.0. The molecule has 0 aromatic rings. The van der Waals surface area contributed by atoms with Crippen molar-refractivity contribution in [2.75, 3.05) is 6.16 Å². The van der Waals surface area contributed by atoms with Gasteiger partial charge in [0.1, 0.15) is 0 Å². The first-order chi connectivity index (χ1) is 2.77. The summed E-state index contributed by atoms with van der Waals surface area (Å²) in [6.45, 7) is 2.23. The predicted molar refractivity (Wildman–Crippen MR) is 46.4 cm³/mol. The minimum Gasteiger partial charge on any atom is -0.114 e. The monoisotopic (exact) mass is 234 g/mol. The van der Waals surface area contributed by atoms with Gasteiger partial charge in [0, 0.05) is 3.92 Å². The van der Waals surface area contributed by atoms with Gasteiger partial charge in [0.05, 0.1) is 0 Å². The average Bonchev–Trinajstić information content (AvgIpc) is 1.35. The van der Waals surface area contributed by atoms with Crippen molar-refractivity contribution in [2.24, 2.45) is 0 Å². The Morgan fingerprint density at radius 2 is 2.50 bits per heavy atom. The first-order valence-corrected chi connectivity index (χ1v) is 6.11. The Balaban J connectivity index is 2.63. The third-order valence-electron chi connectivity index (χ3n) is 0.399. The smallest absolute Gasteiger partial charge is 0.0121 e. The normalized spacial score (nSPS) is 16.5. The predicted octanol–water partition coefficient (Wildman–Crippen LogP) is 2.28. The summed E-state index contributed by atoms with van der Waals surface area (Å²) in [5.41, 5.74) is 0. The van der Waals surface area contributed by atoms with Crippen molar-refractivity contribution in [3.8, 4) is 0 Å². The van der Waals surface area contributed by atoms with Crippen molar-refractivity contribution in [1.82, 2.24) is 0 Å². The molecule has 3 atom stereocenters. The SMILES string of the molecule is CC(I)CPP. The highest BCUT2D eigenvalue weighted by molar-refractivity contribution is 14.1. The molecule has 0 amide bonds. The second-order valence-electron chi connectivity index (χ2n) is 1.19. The molecule has 0 spiro atoms. The van der Waals surface area contributed by atoms with Crippen LogP contribution in [-0.4, -0.2) is 10.1 Å². The van der Waals surface area contributed by atoms with Crippen molar-refractivity contribution in [1.29, 1.82) is 0 Å². The third-order valence-corrected chi connectivity index (χ3v) is 3.23. The molecule has 3 unspecified atom stereocenters. The lowest BCUT2D eigenvalue weighted by Crippen LogP contribution is -1.87. The van der Waals surface area contributed by atoms with E-state index in [-0.39, 0.29) is 0 Å². The van der Waals surface area contributed by atoms with Crippen molar-refractivity contribution >= 4 is 39.8 Å². The Labute approximate surface area is 56.9 Å².